The van der Waals surface area contributed by atoms with Crippen molar-refractivity contribution in [1.82, 2.24) is 5.32 Å². The van der Waals surface area contributed by atoms with Gasteiger partial charge in [-0.25, -0.2) is 0 Å². The van der Waals surface area contributed by atoms with Gasteiger partial charge >= 0.3 is 0 Å². The van der Waals surface area contributed by atoms with Crippen LogP contribution in [0.4, 0.5) is 0 Å². The topological polar surface area (TPSA) is 12.0 Å². The summed E-state index contributed by atoms with van der Waals surface area (Å²) < 4.78 is 0. The molecule has 0 saturated heterocycles. The van der Waals surface area contributed by atoms with Crippen LogP contribution in [0.25, 0.3) is 0 Å². The third-order valence-electron chi connectivity index (χ3n) is 0.432. The summed E-state index contributed by atoms with van der Waals surface area (Å²) in [5.74, 6) is 0. The molecule has 0 atom stereocenters. The maximum Gasteiger partial charge on any atom is 0.0979 e. The van der Waals surface area contributed by atoms with E-state index in [1.165, 1.54) is 0 Å². The molecule has 0 aliphatic carbocycles. The van der Waals surface area contributed by atoms with Gasteiger partial charge < -0.3 is 5.32 Å². The van der Waals surface area contributed by atoms with Gasteiger partial charge in [-0.2, -0.15) is 0 Å². The molecule has 0 unspecified atom stereocenters. The Bertz CT molecular complexity index is 67.9. The van der Waals surface area contributed by atoms with Gasteiger partial charge in [0.1, 0.15) is 0 Å². The lowest BCUT2D eigenvalue weighted by molar-refractivity contribution is 1.21. The normalized spacial score (nSPS) is 6.83. The lowest BCUT2D eigenvalue weighted by Gasteiger charge is -1.87. The summed E-state index contributed by atoms with van der Waals surface area (Å²) in [6, 6.07) is 0. The molecule has 0 aromatic carbocycles. The van der Waals surface area contributed by atoms with Crippen LogP contribution in [-0.4, -0.2) is 12.0 Å². The predicted molar refractivity (Wildman–Crippen MR) is 31.9 cm³/mol. The molecule has 0 aliphatic rings. The van der Waals surface area contributed by atoms with E-state index in [4.69, 9.17) is 0 Å². The van der Waals surface area contributed by atoms with E-state index in [9.17, 15) is 0 Å². The third-order valence-corrected chi connectivity index (χ3v) is 0.803. The molecule has 1 N–H and O–H groups in total. The minimum absolute atomic E-state index is 0.690. The van der Waals surface area contributed by atoms with E-state index in [0.717, 1.165) is 0 Å². The molecule has 6 heavy (non-hydrogen) atoms. The fraction of sp³-hybridized carbons (Fsp3) is 0.250. The average molecular weight is 101 g/mol. The summed E-state index contributed by atoms with van der Waals surface area (Å²) in [7, 11) is 1.77. The summed E-state index contributed by atoms with van der Waals surface area (Å²) in [6.45, 7) is 3.43. The molecule has 0 spiro atoms. The van der Waals surface area contributed by atoms with Crippen molar-refractivity contribution in [2.24, 2.45) is 0 Å². The van der Waals surface area contributed by atoms with E-state index in [-0.39, 0.29) is 0 Å². The molecule has 0 radical (unpaired) electrons. The van der Waals surface area contributed by atoms with E-state index < -0.39 is 0 Å². The maximum atomic E-state index is 4.63. The first-order valence-corrected chi connectivity index (χ1v) is 2.06. The van der Waals surface area contributed by atoms with Crippen molar-refractivity contribution >= 4 is 17.2 Å². The number of hydrogen-bond donors (Lipinski definition) is 1. The van der Waals surface area contributed by atoms with Crippen LogP contribution in [0, 0.1) is 0 Å². The van der Waals surface area contributed by atoms with Gasteiger partial charge in [0.2, 0.25) is 0 Å². The van der Waals surface area contributed by atoms with Crippen molar-refractivity contribution in [2.45, 2.75) is 0 Å². The van der Waals surface area contributed by atoms with E-state index in [0.29, 0.717) is 4.99 Å². The molecule has 0 saturated carbocycles. The number of nitrogens with one attached hydrogen (secondary N) is 1. The van der Waals surface area contributed by atoms with Crippen molar-refractivity contribution in [3.8, 4) is 0 Å². The Balaban J connectivity index is 3.23. The molecule has 0 aromatic rings. The smallest absolute Gasteiger partial charge is 0.0979 e. The number of rotatable bonds is 1. The molecule has 0 aliphatic heterocycles. The average Bonchev–Trinajstić information content (AvgIpc) is 1.65. The highest BCUT2D eigenvalue weighted by Gasteiger charge is 1.72. The van der Waals surface area contributed by atoms with Crippen LogP contribution in [0.3, 0.4) is 0 Å². The van der Waals surface area contributed by atoms with E-state index in [1.807, 2.05) is 0 Å². The Morgan fingerprint density at radius 3 is 2.50 bits per heavy atom. The molecule has 34 valence electrons. The highest BCUT2D eigenvalue weighted by atomic mass is 32.1. The summed E-state index contributed by atoms with van der Waals surface area (Å²) in [5, 5.41) is 2.73. The maximum absolute atomic E-state index is 4.63. The minimum Gasteiger partial charge on any atom is -0.379 e. The molecule has 0 fully saturated rings. The van der Waals surface area contributed by atoms with Crippen molar-refractivity contribution in [1.29, 1.82) is 0 Å². The molecule has 1 nitrogen and oxygen atoms in total. The van der Waals surface area contributed by atoms with Gasteiger partial charge in [-0.1, -0.05) is 18.8 Å². The summed E-state index contributed by atoms with van der Waals surface area (Å²) in [4.78, 5) is 0.690. The molecule has 0 bridgehead atoms. The molecule has 2 heteroatoms. The fourth-order valence-corrected chi connectivity index (χ4v) is 0.102. The molecule has 0 amide bonds. The van der Waals surface area contributed by atoms with Crippen LogP contribution in [-0.2, 0) is 0 Å². The highest BCUT2D eigenvalue weighted by Crippen LogP contribution is 1.65. The highest BCUT2D eigenvalue weighted by molar-refractivity contribution is 7.80. The van der Waals surface area contributed by atoms with Gasteiger partial charge in [0.05, 0.1) is 4.99 Å². The zero-order valence-corrected chi connectivity index (χ0v) is 4.51. The van der Waals surface area contributed by atoms with Crippen molar-refractivity contribution in [3.63, 3.8) is 0 Å². The van der Waals surface area contributed by atoms with Crippen molar-refractivity contribution in [3.05, 3.63) is 12.7 Å². The lowest BCUT2D eigenvalue weighted by Crippen LogP contribution is -2.10. The van der Waals surface area contributed by atoms with Crippen LogP contribution in [0.1, 0.15) is 0 Å². The first kappa shape index (κ1) is 5.63. The Labute approximate surface area is 43.1 Å². The number of thiocarbonyl (C=S) groups is 1. The summed E-state index contributed by atoms with van der Waals surface area (Å²) in [6.07, 6.45) is 1.59. The van der Waals surface area contributed by atoms with E-state index in [1.54, 1.807) is 13.1 Å². The van der Waals surface area contributed by atoms with Gasteiger partial charge in [0.25, 0.3) is 0 Å². The Morgan fingerprint density at radius 2 is 2.50 bits per heavy atom. The van der Waals surface area contributed by atoms with Crippen molar-refractivity contribution in [2.75, 3.05) is 7.05 Å². The molecule has 0 heterocycles. The second kappa shape index (κ2) is 2.85. The largest absolute Gasteiger partial charge is 0.379 e. The molecular formula is C4H7NS. The predicted octanol–water partition coefficient (Wildman–Crippen LogP) is 0.719. The van der Waals surface area contributed by atoms with Crippen LogP contribution in [0.15, 0.2) is 12.7 Å². The van der Waals surface area contributed by atoms with E-state index in [2.05, 4.69) is 24.1 Å². The van der Waals surface area contributed by atoms with Crippen LogP contribution in [0.2, 0.25) is 0 Å². The Hall–Kier alpha value is -0.370. The molecular weight excluding hydrogens is 94.1 g/mol. The van der Waals surface area contributed by atoms with Gasteiger partial charge in [-0.05, 0) is 6.08 Å². The van der Waals surface area contributed by atoms with Gasteiger partial charge in [-0.3, -0.25) is 0 Å². The summed E-state index contributed by atoms with van der Waals surface area (Å²) in [5.41, 5.74) is 0. The second-order valence-electron chi connectivity index (χ2n) is 0.818. The zero-order valence-electron chi connectivity index (χ0n) is 3.69. The zero-order chi connectivity index (χ0) is 4.99. The molecule has 0 aromatic heterocycles. The van der Waals surface area contributed by atoms with E-state index >= 15 is 0 Å². The minimum atomic E-state index is 0.690. The lowest BCUT2D eigenvalue weighted by atomic mass is 10.6. The Kier molecular flexibility index (Phi) is 2.67. The van der Waals surface area contributed by atoms with Crippen LogP contribution < -0.4 is 5.32 Å². The Morgan fingerprint density at radius 1 is 2.00 bits per heavy atom. The molecule has 0 rings (SSSR count). The monoisotopic (exact) mass is 101 g/mol. The van der Waals surface area contributed by atoms with Gasteiger partial charge in [0.15, 0.2) is 0 Å². The van der Waals surface area contributed by atoms with Crippen molar-refractivity contribution < 1.29 is 0 Å². The number of likely N-dealkylation sites (N-methyl/N-ethyl adjacent to an activating group) is 1. The first-order chi connectivity index (χ1) is 2.81. The third kappa shape index (κ3) is 1.91. The second-order valence-corrected chi connectivity index (χ2v) is 1.26. The summed E-state index contributed by atoms with van der Waals surface area (Å²) >= 11 is 4.63. The standard InChI is InChI=1S/C4H7NS/c1-3-4(6)5-2/h3H,1H2,2H3,(H,5,6). The number of hydrogen-bond acceptors (Lipinski definition) is 1. The van der Waals surface area contributed by atoms with Crippen LogP contribution >= 0.6 is 12.2 Å². The first-order valence-electron chi connectivity index (χ1n) is 1.65. The van der Waals surface area contributed by atoms with Gasteiger partial charge in [0, 0.05) is 7.05 Å². The fourth-order valence-electron chi connectivity index (χ4n) is 0.102. The quantitative estimate of drug-likeness (QED) is 0.386. The van der Waals surface area contributed by atoms with Crippen LogP contribution in [0.5, 0.6) is 0 Å². The van der Waals surface area contributed by atoms with Gasteiger partial charge in [-0.15, -0.1) is 0 Å². The SMILES string of the molecule is C=CC(=S)NC.